The van der Waals surface area contributed by atoms with Crippen molar-refractivity contribution in [3.05, 3.63) is 72.0 Å². The van der Waals surface area contributed by atoms with E-state index in [9.17, 15) is 15.0 Å². The molecule has 1 heterocycles. The maximum atomic E-state index is 13.2. The highest BCUT2D eigenvalue weighted by atomic mass is 35.5. The highest BCUT2D eigenvalue weighted by Gasteiger charge is 2.35. The van der Waals surface area contributed by atoms with Gasteiger partial charge in [0.2, 0.25) is 0 Å². The zero-order valence-corrected chi connectivity index (χ0v) is 15.1. The summed E-state index contributed by atoms with van der Waals surface area (Å²) in [5.41, 5.74) is 2.78. The van der Waals surface area contributed by atoms with E-state index in [-0.39, 0.29) is 22.8 Å². The van der Waals surface area contributed by atoms with Gasteiger partial charge in [-0.1, -0.05) is 12.2 Å². The molecule has 2 N–H and O–H groups in total. The molecule has 1 amide bonds. The first-order valence-electron chi connectivity index (χ1n) is 8.61. The number of rotatable bonds is 2. The second-order valence-corrected chi connectivity index (χ2v) is 6.96. The highest BCUT2D eigenvalue weighted by molar-refractivity contribution is 6.56. The van der Waals surface area contributed by atoms with E-state index < -0.39 is 0 Å². The Hall–Kier alpha value is -3.05. The van der Waals surface area contributed by atoms with Crippen LogP contribution in [0.1, 0.15) is 18.4 Å². The summed E-state index contributed by atoms with van der Waals surface area (Å²) >= 11 is 6.15. The Morgan fingerprint density at radius 2 is 1.81 bits per heavy atom. The number of allylic oxidation sites excluding steroid dienone is 3. The highest BCUT2D eigenvalue weighted by Crippen LogP contribution is 2.38. The summed E-state index contributed by atoms with van der Waals surface area (Å²) in [6.45, 7) is 0. The van der Waals surface area contributed by atoms with E-state index in [4.69, 9.17) is 11.6 Å². The molecule has 2 aromatic rings. The number of phenolic OH excluding ortho intramolecular Hbond substituents is 2. The lowest BCUT2D eigenvalue weighted by atomic mass is 10.1. The Bertz CT molecular complexity index is 993. The molecule has 6 heteroatoms. The lowest BCUT2D eigenvalue weighted by Gasteiger charge is -2.17. The zero-order chi connectivity index (χ0) is 19.0. The molecule has 1 aliphatic carbocycles. The number of carbonyl (C=O) groups is 1. The summed E-state index contributed by atoms with van der Waals surface area (Å²) in [7, 11) is 0. The van der Waals surface area contributed by atoms with Gasteiger partial charge in [-0.05, 0) is 55.3 Å². The minimum absolute atomic E-state index is 0.0454. The third kappa shape index (κ3) is 3.34. The normalized spacial score (nSPS) is 20.6. The van der Waals surface area contributed by atoms with Gasteiger partial charge in [0.25, 0.3) is 5.91 Å². The van der Waals surface area contributed by atoms with Crippen molar-refractivity contribution in [1.82, 2.24) is 0 Å². The standard InChI is InChI=1S/C21H17ClN2O3/c22-13-2-1-3-14(5-4-13)23-20-18-11-10-17(26)12-19(18)24(21(20)27)15-6-8-16(25)9-7-15/h3-13,25-26H,1-2H2. The number of hydrogen-bond donors (Lipinski definition) is 2. The van der Waals surface area contributed by atoms with Gasteiger partial charge in [0, 0.05) is 17.3 Å². The molecular formula is C21H17ClN2O3. The minimum Gasteiger partial charge on any atom is -0.508 e. The summed E-state index contributed by atoms with van der Waals surface area (Å²) in [6, 6.07) is 11.1. The van der Waals surface area contributed by atoms with Crippen LogP contribution < -0.4 is 4.90 Å². The van der Waals surface area contributed by atoms with Crippen molar-refractivity contribution in [2.24, 2.45) is 4.99 Å². The number of halogens is 1. The topological polar surface area (TPSA) is 73.1 Å². The summed E-state index contributed by atoms with van der Waals surface area (Å²) in [5, 5.41) is 19.4. The SMILES string of the molecule is O=C1C(=NC2=CCCC(Cl)C=C2)c2ccc(O)cc2N1c1ccc(O)cc1. The Balaban J connectivity index is 1.82. The fraction of sp³-hybridized carbons (Fsp3) is 0.143. The van der Waals surface area contributed by atoms with Crippen molar-refractivity contribution >= 4 is 34.6 Å². The van der Waals surface area contributed by atoms with Crippen molar-refractivity contribution in [1.29, 1.82) is 0 Å². The summed E-state index contributed by atoms with van der Waals surface area (Å²) in [6.07, 6.45) is 7.27. The Morgan fingerprint density at radius 1 is 1.07 bits per heavy atom. The van der Waals surface area contributed by atoms with E-state index >= 15 is 0 Å². The van der Waals surface area contributed by atoms with Crippen molar-refractivity contribution in [2.45, 2.75) is 18.2 Å². The van der Waals surface area contributed by atoms with Gasteiger partial charge < -0.3 is 10.2 Å². The number of aromatic hydroxyl groups is 2. The largest absolute Gasteiger partial charge is 0.508 e. The minimum atomic E-state index is -0.290. The smallest absolute Gasteiger partial charge is 0.282 e. The second kappa shape index (κ2) is 6.93. The molecular weight excluding hydrogens is 364 g/mol. The van der Waals surface area contributed by atoms with Gasteiger partial charge in [0.05, 0.1) is 16.8 Å². The van der Waals surface area contributed by atoms with Crippen LogP contribution in [0.3, 0.4) is 0 Å². The van der Waals surface area contributed by atoms with Gasteiger partial charge in [-0.2, -0.15) is 0 Å². The number of anilines is 2. The van der Waals surface area contributed by atoms with Gasteiger partial charge in [-0.3, -0.25) is 9.69 Å². The van der Waals surface area contributed by atoms with Crippen LogP contribution in [0.25, 0.3) is 0 Å². The van der Waals surface area contributed by atoms with Gasteiger partial charge in [0.1, 0.15) is 17.2 Å². The van der Waals surface area contributed by atoms with Crippen molar-refractivity contribution in [3.63, 3.8) is 0 Å². The van der Waals surface area contributed by atoms with Crippen molar-refractivity contribution < 1.29 is 15.0 Å². The molecule has 0 radical (unpaired) electrons. The average Bonchev–Trinajstić information content (AvgIpc) is 2.78. The van der Waals surface area contributed by atoms with Crippen LogP contribution in [0.2, 0.25) is 0 Å². The van der Waals surface area contributed by atoms with Gasteiger partial charge in [0.15, 0.2) is 0 Å². The molecule has 5 nitrogen and oxygen atoms in total. The van der Waals surface area contributed by atoms with E-state index in [1.807, 2.05) is 18.2 Å². The molecule has 0 saturated heterocycles. The lowest BCUT2D eigenvalue weighted by molar-refractivity contribution is -0.111. The first-order chi connectivity index (χ1) is 13.0. The van der Waals surface area contributed by atoms with Crippen molar-refractivity contribution in [2.75, 3.05) is 4.90 Å². The Labute approximate surface area is 161 Å². The molecule has 0 saturated carbocycles. The van der Waals surface area contributed by atoms with E-state index in [0.717, 1.165) is 12.8 Å². The molecule has 2 aromatic carbocycles. The molecule has 2 aliphatic rings. The van der Waals surface area contributed by atoms with Crippen LogP contribution >= 0.6 is 11.6 Å². The first kappa shape index (κ1) is 17.4. The second-order valence-electron chi connectivity index (χ2n) is 6.40. The Kier molecular flexibility index (Phi) is 4.46. The fourth-order valence-corrected chi connectivity index (χ4v) is 3.37. The third-order valence-electron chi connectivity index (χ3n) is 4.50. The van der Waals surface area contributed by atoms with Crippen LogP contribution in [0, 0.1) is 0 Å². The van der Waals surface area contributed by atoms with Crippen LogP contribution in [-0.4, -0.2) is 27.2 Å². The number of aliphatic imine (C=N–C) groups is 1. The first-order valence-corrected chi connectivity index (χ1v) is 9.04. The Morgan fingerprint density at radius 3 is 2.59 bits per heavy atom. The van der Waals surface area contributed by atoms with Crippen LogP contribution in [-0.2, 0) is 4.79 Å². The predicted molar refractivity (Wildman–Crippen MR) is 106 cm³/mol. The van der Waals surface area contributed by atoms with Gasteiger partial charge in [-0.25, -0.2) is 4.99 Å². The molecule has 0 fully saturated rings. The number of carbonyl (C=O) groups excluding carboxylic acids is 1. The molecule has 1 unspecified atom stereocenters. The van der Waals surface area contributed by atoms with E-state index in [1.165, 1.54) is 29.2 Å². The molecule has 0 aromatic heterocycles. The quantitative estimate of drug-likeness (QED) is 0.758. The summed E-state index contributed by atoms with van der Waals surface area (Å²) < 4.78 is 0. The number of fused-ring (bicyclic) bond motifs is 1. The molecule has 1 aliphatic heterocycles. The lowest BCUT2D eigenvalue weighted by Crippen LogP contribution is -2.25. The summed E-state index contributed by atoms with van der Waals surface area (Å²) in [5.74, 6) is -0.118. The number of nitrogens with zero attached hydrogens (tertiary/aromatic N) is 2. The fourth-order valence-electron chi connectivity index (χ4n) is 3.17. The summed E-state index contributed by atoms with van der Waals surface area (Å²) in [4.78, 5) is 19.2. The molecule has 27 heavy (non-hydrogen) atoms. The number of amides is 1. The van der Waals surface area contributed by atoms with E-state index in [1.54, 1.807) is 18.2 Å². The number of benzene rings is 2. The molecule has 0 spiro atoms. The molecule has 4 rings (SSSR count). The maximum absolute atomic E-state index is 13.2. The number of phenols is 2. The third-order valence-corrected chi connectivity index (χ3v) is 4.87. The molecule has 136 valence electrons. The van der Waals surface area contributed by atoms with Crippen LogP contribution in [0.4, 0.5) is 11.4 Å². The molecule has 0 bridgehead atoms. The van der Waals surface area contributed by atoms with Gasteiger partial charge >= 0.3 is 0 Å². The number of alkyl halides is 1. The van der Waals surface area contributed by atoms with Crippen molar-refractivity contribution in [3.8, 4) is 11.5 Å². The van der Waals surface area contributed by atoms with E-state index in [2.05, 4.69) is 4.99 Å². The monoisotopic (exact) mass is 380 g/mol. The predicted octanol–water partition coefficient (Wildman–Crippen LogP) is 4.41. The van der Waals surface area contributed by atoms with Crippen LogP contribution in [0.5, 0.6) is 11.5 Å². The molecule has 1 atom stereocenters. The van der Waals surface area contributed by atoms with Gasteiger partial charge in [-0.15, -0.1) is 11.6 Å². The average molecular weight is 381 g/mol. The number of hydrogen-bond acceptors (Lipinski definition) is 4. The van der Waals surface area contributed by atoms with Crippen LogP contribution in [0.15, 0.2) is 71.4 Å². The zero-order valence-electron chi connectivity index (χ0n) is 14.3. The maximum Gasteiger partial charge on any atom is 0.282 e. The van der Waals surface area contributed by atoms with E-state index in [0.29, 0.717) is 28.3 Å².